The van der Waals surface area contributed by atoms with Crippen LogP contribution < -0.4 is 5.32 Å². The maximum absolute atomic E-state index is 12.8. The highest BCUT2D eigenvalue weighted by Gasteiger charge is 2.35. The van der Waals surface area contributed by atoms with E-state index in [0.29, 0.717) is 0 Å². The summed E-state index contributed by atoms with van der Waals surface area (Å²) >= 11 is 0. The maximum Gasteiger partial charge on any atom is 0.322 e. The van der Waals surface area contributed by atoms with E-state index in [4.69, 9.17) is 5.11 Å². The van der Waals surface area contributed by atoms with Crippen molar-refractivity contribution in [1.82, 2.24) is 10.2 Å². The summed E-state index contributed by atoms with van der Waals surface area (Å²) in [5, 5.41) is 21.1. The van der Waals surface area contributed by atoms with Crippen molar-refractivity contribution in [1.29, 1.82) is 0 Å². The van der Waals surface area contributed by atoms with Gasteiger partial charge >= 0.3 is 5.97 Å². The van der Waals surface area contributed by atoms with Crippen LogP contribution in [-0.4, -0.2) is 46.0 Å². The number of nitrogens with zero attached hydrogens (tertiary/aromatic N) is 1. The minimum absolute atomic E-state index is 0.265. The van der Waals surface area contributed by atoms with Gasteiger partial charge in [0, 0.05) is 19.0 Å². The number of rotatable bonds is 6. The normalized spacial score (nSPS) is 16.7. The lowest BCUT2D eigenvalue weighted by molar-refractivity contribution is -0.139. The first-order chi connectivity index (χ1) is 13.9. The average Bonchev–Trinajstić information content (AvgIpc) is 2.72. The lowest BCUT2D eigenvalue weighted by Gasteiger charge is -2.32. The largest absolute Gasteiger partial charge is 0.511 e. The number of aliphatic hydroxyl groups excluding tert-OH is 1. The van der Waals surface area contributed by atoms with Gasteiger partial charge in [-0.25, -0.2) is 0 Å². The minimum Gasteiger partial charge on any atom is -0.511 e. The summed E-state index contributed by atoms with van der Waals surface area (Å²) in [5.41, 5.74) is 2.63. The van der Waals surface area contributed by atoms with E-state index in [1.54, 1.807) is 6.92 Å². The van der Waals surface area contributed by atoms with E-state index < -0.39 is 35.8 Å². The fraction of sp³-hybridized carbons (Fsp3) is 0.227. The number of carboxylic acids is 1. The Labute approximate surface area is 168 Å². The zero-order valence-electron chi connectivity index (χ0n) is 16.0. The van der Waals surface area contributed by atoms with E-state index >= 15 is 0 Å². The molecule has 2 amide bonds. The van der Waals surface area contributed by atoms with E-state index in [2.05, 4.69) is 5.32 Å². The Kier molecular flexibility index (Phi) is 5.97. The van der Waals surface area contributed by atoms with Crippen molar-refractivity contribution >= 4 is 17.8 Å². The Balaban J connectivity index is 1.75. The zero-order chi connectivity index (χ0) is 21.0. The molecular formula is C22H22N2O5. The number of carbonyl (C=O) groups is 3. The second-order valence-corrected chi connectivity index (χ2v) is 6.99. The number of carbonyl (C=O) groups excluding carboxylic acids is 2. The SMILES string of the molecule is C[C@@H]1CN(Cc2ccc(-c3ccccc3)cc2)C(=O)C(C(=O)NCC(=O)O)=C1O. The van der Waals surface area contributed by atoms with Crippen molar-refractivity contribution in [2.45, 2.75) is 13.5 Å². The Bertz CT molecular complexity index is 951. The van der Waals surface area contributed by atoms with Gasteiger partial charge in [-0.3, -0.25) is 14.4 Å². The predicted molar refractivity (Wildman–Crippen MR) is 107 cm³/mol. The maximum atomic E-state index is 12.8. The van der Waals surface area contributed by atoms with Crippen LogP contribution in [0.4, 0.5) is 0 Å². The Morgan fingerprint density at radius 1 is 1.07 bits per heavy atom. The topological polar surface area (TPSA) is 107 Å². The van der Waals surface area contributed by atoms with Crippen LogP contribution >= 0.6 is 0 Å². The second kappa shape index (κ2) is 8.60. The van der Waals surface area contributed by atoms with Gasteiger partial charge in [0.1, 0.15) is 17.9 Å². The molecule has 0 aliphatic carbocycles. The van der Waals surface area contributed by atoms with Crippen LogP contribution in [0.15, 0.2) is 65.9 Å². The van der Waals surface area contributed by atoms with E-state index in [9.17, 15) is 19.5 Å². The molecule has 1 aliphatic rings. The lowest BCUT2D eigenvalue weighted by Crippen LogP contribution is -2.45. The van der Waals surface area contributed by atoms with Gasteiger partial charge in [0.2, 0.25) is 0 Å². The van der Waals surface area contributed by atoms with Crippen LogP contribution in [0.1, 0.15) is 12.5 Å². The third-order valence-corrected chi connectivity index (χ3v) is 4.78. The molecule has 0 unspecified atom stereocenters. The van der Waals surface area contributed by atoms with Crippen LogP contribution in [-0.2, 0) is 20.9 Å². The van der Waals surface area contributed by atoms with Crippen molar-refractivity contribution in [3.05, 3.63) is 71.5 Å². The van der Waals surface area contributed by atoms with Crippen LogP contribution in [0.5, 0.6) is 0 Å². The lowest BCUT2D eigenvalue weighted by atomic mass is 9.96. The second-order valence-electron chi connectivity index (χ2n) is 6.99. The first kappa shape index (κ1) is 20.1. The Morgan fingerprint density at radius 3 is 2.31 bits per heavy atom. The number of benzene rings is 2. The molecule has 7 heteroatoms. The number of hydrogen-bond donors (Lipinski definition) is 3. The fourth-order valence-electron chi connectivity index (χ4n) is 3.26. The third-order valence-electron chi connectivity index (χ3n) is 4.78. The standard InChI is InChI=1S/C22H22N2O5/c1-14-12-24(22(29)19(20(14)27)21(28)23-11-18(25)26)13-15-7-9-17(10-8-15)16-5-3-2-4-6-16/h2-10,14,27H,11-13H2,1H3,(H,23,28)(H,25,26)/t14-/m1/s1. The highest BCUT2D eigenvalue weighted by molar-refractivity contribution is 6.19. The molecule has 2 aromatic rings. The molecule has 0 radical (unpaired) electrons. The summed E-state index contributed by atoms with van der Waals surface area (Å²) in [6, 6.07) is 17.7. The number of hydrogen-bond acceptors (Lipinski definition) is 4. The molecule has 3 N–H and O–H groups in total. The fourth-order valence-corrected chi connectivity index (χ4v) is 3.26. The number of aliphatic carboxylic acids is 1. The molecule has 7 nitrogen and oxygen atoms in total. The van der Waals surface area contributed by atoms with Gasteiger partial charge < -0.3 is 20.4 Å². The van der Waals surface area contributed by atoms with Crippen molar-refractivity contribution in [2.75, 3.05) is 13.1 Å². The molecule has 0 fully saturated rings. The first-order valence-electron chi connectivity index (χ1n) is 9.23. The molecule has 0 spiro atoms. The van der Waals surface area contributed by atoms with E-state index in [1.165, 1.54) is 4.90 Å². The van der Waals surface area contributed by atoms with Gasteiger partial charge in [-0.1, -0.05) is 61.5 Å². The minimum atomic E-state index is -1.23. The Morgan fingerprint density at radius 2 is 1.69 bits per heavy atom. The Hall–Kier alpha value is -3.61. The molecule has 1 atom stereocenters. The molecular weight excluding hydrogens is 372 g/mol. The van der Waals surface area contributed by atoms with Gasteiger partial charge in [0.25, 0.3) is 11.8 Å². The quantitative estimate of drug-likeness (QED) is 0.652. The van der Waals surface area contributed by atoms with Crippen molar-refractivity contribution in [3.63, 3.8) is 0 Å². The molecule has 1 aliphatic heterocycles. The number of amides is 2. The summed E-state index contributed by atoms with van der Waals surface area (Å²) in [7, 11) is 0. The molecule has 0 saturated carbocycles. The molecule has 0 aromatic heterocycles. The van der Waals surface area contributed by atoms with Crippen molar-refractivity contribution in [3.8, 4) is 11.1 Å². The summed E-state index contributed by atoms with van der Waals surface area (Å²) in [6.07, 6.45) is 0. The summed E-state index contributed by atoms with van der Waals surface area (Å²) in [6.45, 7) is 1.62. The van der Waals surface area contributed by atoms with Gasteiger partial charge in [0.15, 0.2) is 0 Å². The molecule has 1 heterocycles. The van der Waals surface area contributed by atoms with Crippen molar-refractivity contribution < 1.29 is 24.6 Å². The zero-order valence-corrected chi connectivity index (χ0v) is 16.0. The van der Waals surface area contributed by atoms with Gasteiger partial charge in [-0.15, -0.1) is 0 Å². The highest BCUT2D eigenvalue weighted by Crippen LogP contribution is 2.25. The molecule has 150 valence electrons. The van der Waals surface area contributed by atoms with Crippen molar-refractivity contribution in [2.24, 2.45) is 5.92 Å². The molecule has 0 bridgehead atoms. The van der Waals surface area contributed by atoms with E-state index in [-0.39, 0.29) is 18.8 Å². The monoisotopic (exact) mass is 394 g/mol. The molecule has 0 saturated heterocycles. The van der Waals surface area contributed by atoms with Crippen LogP contribution in [0.3, 0.4) is 0 Å². The predicted octanol–water partition coefficient (Wildman–Crippen LogP) is 2.34. The van der Waals surface area contributed by atoms with Crippen LogP contribution in [0.25, 0.3) is 11.1 Å². The van der Waals surface area contributed by atoms with E-state index in [0.717, 1.165) is 16.7 Å². The number of aliphatic hydroxyl groups is 1. The number of nitrogens with one attached hydrogen (secondary N) is 1. The first-order valence-corrected chi connectivity index (χ1v) is 9.23. The summed E-state index contributed by atoms with van der Waals surface area (Å²) in [5.74, 6) is -3.47. The van der Waals surface area contributed by atoms with Crippen LogP contribution in [0, 0.1) is 5.92 Å². The summed E-state index contributed by atoms with van der Waals surface area (Å²) < 4.78 is 0. The molecule has 2 aromatic carbocycles. The number of carboxylic acid groups (broad SMARTS) is 1. The highest BCUT2D eigenvalue weighted by atomic mass is 16.4. The third kappa shape index (κ3) is 4.63. The molecule has 3 rings (SSSR count). The summed E-state index contributed by atoms with van der Waals surface area (Å²) in [4.78, 5) is 37.1. The van der Waals surface area contributed by atoms with Crippen LogP contribution in [0.2, 0.25) is 0 Å². The van der Waals surface area contributed by atoms with Gasteiger partial charge in [-0.2, -0.15) is 0 Å². The van der Waals surface area contributed by atoms with Gasteiger partial charge in [0.05, 0.1) is 0 Å². The smallest absolute Gasteiger partial charge is 0.322 e. The molecule has 29 heavy (non-hydrogen) atoms. The van der Waals surface area contributed by atoms with E-state index in [1.807, 2.05) is 54.6 Å². The van der Waals surface area contributed by atoms with Gasteiger partial charge in [-0.05, 0) is 16.7 Å². The average molecular weight is 394 g/mol.